The maximum Gasteiger partial charge on any atom is 0.443 e. The van der Waals surface area contributed by atoms with Crippen molar-refractivity contribution >= 4 is 18.1 Å². The molecule has 0 aromatic rings. The van der Waals surface area contributed by atoms with E-state index in [-0.39, 0.29) is 24.4 Å². The van der Waals surface area contributed by atoms with E-state index in [2.05, 4.69) is 0 Å². The number of nitrogens with zero attached hydrogens (tertiary/aromatic N) is 3. The summed E-state index contributed by atoms with van der Waals surface area (Å²) in [4.78, 5) is 41.7. The fourth-order valence-electron chi connectivity index (χ4n) is 3.83. The number of amides is 6. The monoisotopic (exact) mass is 354 g/mol. The molecule has 0 radical (unpaired) electrons. The molecule has 8 unspecified atom stereocenters. The Balaban J connectivity index is 1.61. The van der Waals surface area contributed by atoms with E-state index in [1.165, 1.54) is 0 Å². The number of hydrogen-bond donors (Lipinski definition) is 0. The van der Waals surface area contributed by atoms with Crippen LogP contribution < -0.4 is 0 Å². The van der Waals surface area contributed by atoms with Gasteiger partial charge in [0.15, 0.2) is 12.5 Å². The molecule has 0 aliphatic carbocycles. The van der Waals surface area contributed by atoms with Gasteiger partial charge in [0.25, 0.3) is 0 Å². The number of ether oxygens (including phenoxy) is 4. The zero-order valence-corrected chi connectivity index (χ0v) is 14.3. The van der Waals surface area contributed by atoms with Crippen molar-refractivity contribution in [3.8, 4) is 0 Å². The summed E-state index contributed by atoms with van der Waals surface area (Å²) in [6, 6.07) is -1.98. The highest BCUT2D eigenvalue weighted by atomic mass is 16.7. The number of quaternary nitrogens is 1. The minimum absolute atomic E-state index is 0.266. The second kappa shape index (κ2) is 4.57. The molecule has 0 spiro atoms. The summed E-state index contributed by atoms with van der Waals surface area (Å²) >= 11 is 0. The van der Waals surface area contributed by atoms with Crippen molar-refractivity contribution in [1.82, 2.24) is 9.80 Å². The third kappa shape index (κ3) is 1.88. The minimum Gasteiger partial charge on any atom is -0.347 e. The van der Waals surface area contributed by atoms with Crippen LogP contribution in [0.25, 0.3) is 0 Å². The van der Waals surface area contributed by atoms with E-state index < -0.39 is 47.5 Å². The van der Waals surface area contributed by atoms with Gasteiger partial charge < -0.3 is 18.9 Å². The van der Waals surface area contributed by atoms with Crippen molar-refractivity contribution < 1.29 is 37.8 Å². The van der Waals surface area contributed by atoms with Gasteiger partial charge in [-0.25, -0.2) is 14.4 Å². The molecule has 5 aliphatic rings. The van der Waals surface area contributed by atoms with E-state index in [1.807, 2.05) is 0 Å². The number of epoxide rings is 4. The van der Waals surface area contributed by atoms with E-state index in [1.54, 1.807) is 27.7 Å². The summed E-state index contributed by atoms with van der Waals surface area (Å²) in [6.45, 7) is 7.11. The fraction of sp³-hybridized carbons (Fsp3) is 0.800. The zero-order valence-electron chi connectivity index (χ0n) is 14.3. The van der Waals surface area contributed by atoms with Crippen molar-refractivity contribution in [3.63, 3.8) is 0 Å². The lowest BCUT2D eigenvalue weighted by atomic mass is 10.2. The summed E-state index contributed by atoms with van der Waals surface area (Å²) in [5.74, 6) is 0. The maximum absolute atomic E-state index is 13.4. The first-order valence-corrected chi connectivity index (χ1v) is 8.52. The van der Waals surface area contributed by atoms with Gasteiger partial charge >= 0.3 is 18.1 Å². The number of rotatable bonds is 4. The molecular weight excluding hydrogens is 334 g/mol. The topological polar surface area (TPSA) is 108 Å². The molecule has 10 nitrogen and oxygen atoms in total. The molecule has 0 bridgehead atoms. The molecule has 0 aromatic carbocycles. The lowest BCUT2D eigenvalue weighted by Crippen LogP contribution is -2.77. The Kier molecular flexibility index (Phi) is 2.86. The van der Waals surface area contributed by atoms with Gasteiger partial charge in [0.1, 0.15) is 24.4 Å². The van der Waals surface area contributed by atoms with Gasteiger partial charge in [-0.2, -0.15) is 9.80 Å². The standard InChI is InChI=1S/C15H20N3O7/c1-5-9(22-5)16-13(19)17(10-6(2)23-10)15(21)18(14(16)20,11-7(3)24-11)12-8(4)25-12/h5-12H,1-4H3/q+1. The average molecular weight is 354 g/mol. The predicted molar refractivity (Wildman–Crippen MR) is 77.5 cm³/mol. The van der Waals surface area contributed by atoms with Gasteiger partial charge in [0.2, 0.25) is 12.5 Å². The molecule has 5 fully saturated rings. The Morgan fingerprint density at radius 3 is 1.24 bits per heavy atom. The van der Waals surface area contributed by atoms with Crippen molar-refractivity contribution in [2.45, 2.75) is 77.0 Å². The SMILES string of the molecule is CC1OC1N1C(=O)N(C2OC2C)C(=O)[N+](C2OC2C)(C2OC2C)C1=O. The molecule has 5 saturated heterocycles. The quantitative estimate of drug-likeness (QED) is 0.542. The Bertz CT molecular complexity index is 643. The zero-order chi connectivity index (χ0) is 17.8. The highest BCUT2D eigenvalue weighted by molar-refractivity contribution is 6.07. The van der Waals surface area contributed by atoms with E-state index in [4.69, 9.17) is 18.9 Å². The van der Waals surface area contributed by atoms with Crippen molar-refractivity contribution in [2.24, 2.45) is 0 Å². The van der Waals surface area contributed by atoms with Crippen LogP contribution in [0, 0.1) is 0 Å². The molecule has 0 aromatic heterocycles. The van der Waals surface area contributed by atoms with Crippen LogP contribution in [0.4, 0.5) is 14.4 Å². The molecule has 0 N–H and O–H groups in total. The van der Waals surface area contributed by atoms with Crippen LogP contribution in [0.15, 0.2) is 0 Å². The highest BCUT2D eigenvalue weighted by Gasteiger charge is 2.80. The van der Waals surface area contributed by atoms with Crippen LogP contribution in [-0.4, -0.2) is 81.7 Å². The van der Waals surface area contributed by atoms with Crippen LogP contribution in [0.5, 0.6) is 0 Å². The summed E-state index contributed by atoms with van der Waals surface area (Å²) in [7, 11) is 0. The van der Waals surface area contributed by atoms with Gasteiger partial charge in [0.05, 0.1) is 0 Å². The molecule has 6 amide bonds. The second-order valence-corrected chi connectivity index (χ2v) is 7.29. The number of urea groups is 3. The molecule has 136 valence electrons. The van der Waals surface area contributed by atoms with Crippen LogP contribution >= 0.6 is 0 Å². The van der Waals surface area contributed by atoms with Crippen LogP contribution in [0.2, 0.25) is 0 Å². The Labute approximate surface area is 143 Å². The number of carbonyl (C=O) groups excluding carboxylic acids is 3. The molecule has 5 rings (SSSR count). The maximum atomic E-state index is 13.4. The van der Waals surface area contributed by atoms with Crippen molar-refractivity contribution in [1.29, 1.82) is 0 Å². The largest absolute Gasteiger partial charge is 0.443 e. The summed E-state index contributed by atoms with van der Waals surface area (Å²) < 4.78 is 21.1. The number of imide groups is 3. The molecule has 5 heterocycles. The van der Waals surface area contributed by atoms with E-state index in [0.717, 1.165) is 9.80 Å². The molecule has 8 atom stereocenters. The van der Waals surface area contributed by atoms with Crippen LogP contribution in [0.1, 0.15) is 27.7 Å². The molecule has 5 aliphatic heterocycles. The summed E-state index contributed by atoms with van der Waals surface area (Å²) in [6.07, 6.45) is -3.79. The Morgan fingerprint density at radius 1 is 0.680 bits per heavy atom. The van der Waals surface area contributed by atoms with Crippen molar-refractivity contribution in [3.05, 3.63) is 0 Å². The van der Waals surface area contributed by atoms with Gasteiger partial charge in [-0.05, 0) is 27.7 Å². The average Bonchev–Trinajstić information content (AvgIpc) is 3.34. The normalized spacial score (nSPS) is 54.0. The van der Waals surface area contributed by atoms with Gasteiger partial charge in [-0.15, -0.1) is 4.48 Å². The Hall–Kier alpha value is -1.59. The third-order valence-electron chi connectivity index (χ3n) is 5.49. The molecular formula is C15H20N3O7+. The summed E-state index contributed by atoms with van der Waals surface area (Å²) in [5, 5.41) is 0. The first kappa shape index (κ1) is 15.6. The van der Waals surface area contributed by atoms with Crippen molar-refractivity contribution in [2.75, 3.05) is 0 Å². The van der Waals surface area contributed by atoms with Gasteiger partial charge in [-0.1, -0.05) is 0 Å². The van der Waals surface area contributed by atoms with E-state index in [9.17, 15) is 14.4 Å². The van der Waals surface area contributed by atoms with E-state index in [0.29, 0.717) is 0 Å². The van der Waals surface area contributed by atoms with E-state index >= 15 is 0 Å². The smallest absolute Gasteiger partial charge is 0.347 e. The van der Waals surface area contributed by atoms with Crippen LogP contribution in [0.3, 0.4) is 0 Å². The Morgan fingerprint density at radius 2 is 1.00 bits per heavy atom. The van der Waals surface area contributed by atoms with Crippen LogP contribution in [-0.2, 0) is 18.9 Å². The van der Waals surface area contributed by atoms with Gasteiger partial charge in [-0.3, -0.25) is 0 Å². The summed E-state index contributed by atoms with van der Waals surface area (Å²) in [5.41, 5.74) is 0. The molecule has 10 heteroatoms. The first-order chi connectivity index (χ1) is 11.8. The molecule has 0 saturated carbocycles. The molecule has 25 heavy (non-hydrogen) atoms. The second-order valence-electron chi connectivity index (χ2n) is 7.29. The van der Waals surface area contributed by atoms with Gasteiger partial charge in [0, 0.05) is 0 Å². The fourth-order valence-corrected chi connectivity index (χ4v) is 3.83. The predicted octanol–water partition coefficient (Wildman–Crippen LogP) is 0.760. The third-order valence-corrected chi connectivity index (χ3v) is 5.49. The first-order valence-electron chi connectivity index (χ1n) is 8.52. The lowest BCUT2D eigenvalue weighted by molar-refractivity contribution is -0.824. The lowest BCUT2D eigenvalue weighted by Gasteiger charge is -2.41. The number of carbonyl (C=O) groups is 3. The minimum atomic E-state index is -0.700. The number of hydrogen-bond acceptors (Lipinski definition) is 7. The highest BCUT2D eigenvalue weighted by Crippen LogP contribution is 2.49.